The first kappa shape index (κ1) is 16.0. The minimum atomic E-state index is 0.486. The zero-order valence-corrected chi connectivity index (χ0v) is 12.0. The van der Waals surface area contributed by atoms with Crippen molar-refractivity contribution in [3.8, 4) is 0 Å². The van der Waals surface area contributed by atoms with E-state index >= 15 is 0 Å². The van der Waals surface area contributed by atoms with E-state index in [2.05, 4.69) is 13.8 Å². The van der Waals surface area contributed by atoms with Gasteiger partial charge in [-0.05, 0) is 31.1 Å². The molecule has 1 heteroatoms. The van der Waals surface area contributed by atoms with Crippen LogP contribution in [-0.4, -0.2) is 6.04 Å². The molecule has 0 aromatic rings. The Balaban J connectivity index is 0.00000106. The Bertz CT molecular complexity index is 134. The van der Waals surface area contributed by atoms with Gasteiger partial charge in [0.2, 0.25) is 0 Å². The molecular formula is C15H33N. The van der Waals surface area contributed by atoms with E-state index < -0.39 is 0 Å². The van der Waals surface area contributed by atoms with Crippen molar-refractivity contribution >= 4 is 0 Å². The summed E-state index contributed by atoms with van der Waals surface area (Å²) < 4.78 is 0. The van der Waals surface area contributed by atoms with Gasteiger partial charge in [0.1, 0.15) is 0 Å². The predicted molar refractivity (Wildman–Crippen MR) is 74.6 cm³/mol. The summed E-state index contributed by atoms with van der Waals surface area (Å²) in [6.45, 7) is 8.57. The van der Waals surface area contributed by atoms with Gasteiger partial charge in [-0.25, -0.2) is 0 Å². The molecule has 2 unspecified atom stereocenters. The average Bonchev–Trinajstić information content (AvgIpc) is 2.38. The first-order chi connectivity index (χ1) is 7.79. The summed E-state index contributed by atoms with van der Waals surface area (Å²) in [6, 6.07) is 0.486. The van der Waals surface area contributed by atoms with Crippen LogP contribution in [0.25, 0.3) is 0 Å². The standard InChI is InChI=1S/C13H27N.C2H6/c1-3-8-11(4-2)13(14)12-9-6-5-7-10-12;1-2/h11-13H,3-10,14H2,1-2H3;1-2H3. The summed E-state index contributed by atoms with van der Waals surface area (Å²) in [4.78, 5) is 0. The molecule has 1 rings (SSSR count). The zero-order valence-electron chi connectivity index (χ0n) is 12.0. The van der Waals surface area contributed by atoms with Crippen molar-refractivity contribution in [1.29, 1.82) is 0 Å². The highest BCUT2D eigenvalue weighted by Gasteiger charge is 2.25. The lowest BCUT2D eigenvalue weighted by Crippen LogP contribution is -2.38. The van der Waals surface area contributed by atoms with Gasteiger partial charge in [-0.3, -0.25) is 0 Å². The third-order valence-electron chi connectivity index (χ3n) is 3.92. The molecule has 1 aliphatic carbocycles. The maximum Gasteiger partial charge on any atom is 0.00955 e. The van der Waals surface area contributed by atoms with Crippen molar-refractivity contribution in [3.05, 3.63) is 0 Å². The molecule has 0 radical (unpaired) electrons. The molecule has 2 N–H and O–H groups in total. The molecule has 0 aromatic carbocycles. The molecule has 0 saturated heterocycles. The Labute approximate surface area is 103 Å². The minimum Gasteiger partial charge on any atom is -0.327 e. The second-order valence-electron chi connectivity index (χ2n) is 4.93. The second-order valence-corrected chi connectivity index (χ2v) is 4.93. The minimum absolute atomic E-state index is 0.486. The van der Waals surface area contributed by atoms with Crippen LogP contribution in [0.15, 0.2) is 0 Å². The molecule has 0 heterocycles. The summed E-state index contributed by atoms with van der Waals surface area (Å²) in [5.41, 5.74) is 6.39. The second kappa shape index (κ2) is 10.1. The lowest BCUT2D eigenvalue weighted by atomic mass is 9.77. The molecule has 2 atom stereocenters. The Hall–Kier alpha value is -0.0400. The number of hydrogen-bond donors (Lipinski definition) is 1. The summed E-state index contributed by atoms with van der Waals surface area (Å²) in [5, 5.41) is 0. The Morgan fingerprint density at radius 1 is 1.06 bits per heavy atom. The Morgan fingerprint density at radius 3 is 2.06 bits per heavy atom. The van der Waals surface area contributed by atoms with E-state index in [0.29, 0.717) is 6.04 Å². The highest BCUT2D eigenvalue weighted by atomic mass is 14.7. The first-order valence-electron chi connectivity index (χ1n) is 7.55. The SMILES string of the molecule is CC.CCCC(CC)C(N)C1CCCCC1. The Kier molecular flexibility index (Phi) is 10.1. The van der Waals surface area contributed by atoms with Crippen LogP contribution in [0.4, 0.5) is 0 Å². The van der Waals surface area contributed by atoms with Gasteiger partial charge in [0.15, 0.2) is 0 Å². The predicted octanol–water partition coefficient (Wildman–Crippen LogP) is 4.75. The van der Waals surface area contributed by atoms with Crippen LogP contribution in [0, 0.1) is 11.8 Å². The summed E-state index contributed by atoms with van der Waals surface area (Å²) in [5.74, 6) is 1.61. The fourth-order valence-electron chi connectivity index (χ4n) is 2.94. The van der Waals surface area contributed by atoms with Crippen molar-refractivity contribution in [1.82, 2.24) is 0 Å². The summed E-state index contributed by atoms with van der Waals surface area (Å²) in [7, 11) is 0. The molecule has 1 fully saturated rings. The highest BCUT2D eigenvalue weighted by Crippen LogP contribution is 2.30. The quantitative estimate of drug-likeness (QED) is 0.721. The fraction of sp³-hybridized carbons (Fsp3) is 1.00. The molecule has 1 nitrogen and oxygen atoms in total. The van der Waals surface area contributed by atoms with Crippen LogP contribution in [0.2, 0.25) is 0 Å². The molecule has 0 amide bonds. The monoisotopic (exact) mass is 227 g/mol. The van der Waals surface area contributed by atoms with Crippen molar-refractivity contribution < 1.29 is 0 Å². The molecular weight excluding hydrogens is 194 g/mol. The van der Waals surface area contributed by atoms with Gasteiger partial charge >= 0.3 is 0 Å². The normalized spacial score (nSPS) is 20.8. The molecule has 0 aromatic heterocycles. The molecule has 0 aliphatic heterocycles. The van der Waals surface area contributed by atoms with Gasteiger partial charge in [-0.1, -0.05) is 59.8 Å². The van der Waals surface area contributed by atoms with Gasteiger partial charge < -0.3 is 5.73 Å². The molecule has 98 valence electrons. The van der Waals surface area contributed by atoms with Crippen LogP contribution in [0.1, 0.15) is 79.1 Å². The van der Waals surface area contributed by atoms with E-state index in [1.165, 1.54) is 51.4 Å². The van der Waals surface area contributed by atoms with Gasteiger partial charge in [-0.2, -0.15) is 0 Å². The van der Waals surface area contributed by atoms with E-state index in [9.17, 15) is 0 Å². The molecule has 0 bridgehead atoms. The zero-order chi connectivity index (χ0) is 12.4. The average molecular weight is 227 g/mol. The van der Waals surface area contributed by atoms with Crippen molar-refractivity contribution in [3.63, 3.8) is 0 Å². The van der Waals surface area contributed by atoms with E-state index in [1.54, 1.807) is 0 Å². The topological polar surface area (TPSA) is 26.0 Å². The van der Waals surface area contributed by atoms with Gasteiger partial charge in [0.05, 0.1) is 0 Å². The molecule has 1 aliphatic rings. The summed E-state index contributed by atoms with van der Waals surface area (Å²) >= 11 is 0. The third-order valence-corrected chi connectivity index (χ3v) is 3.92. The van der Waals surface area contributed by atoms with Crippen molar-refractivity contribution in [2.75, 3.05) is 0 Å². The molecule has 0 spiro atoms. The van der Waals surface area contributed by atoms with Gasteiger partial charge in [-0.15, -0.1) is 0 Å². The summed E-state index contributed by atoms with van der Waals surface area (Å²) in [6.07, 6.45) is 10.9. The third kappa shape index (κ3) is 5.34. The highest BCUT2D eigenvalue weighted by molar-refractivity contribution is 4.81. The van der Waals surface area contributed by atoms with Gasteiger partial charge in [0.25, 0.3) is 0 Å². The maximum absolute atomic E-state index is 6.39. The Morgan fingerprint density at radius 2 is 1.62 bits per heavy atom. The number of hydrogen-bond acceptors (Lipinski definition) is 1. The smallest absolute Gasteiger partial charge is 0.00955 e. The van der Waals surface area contributed by atoms with Crippen molar-refractivity contribution in [2.24, 2.45) is 17.6 Å². The first-order valence-corrected chi connectivity index (χ1v) is 7.55. The molecule has 1 saturated carbocycles. The van der Waals surface area contributed by atoms with Crippen LogP contribution in [-0.2, 0) is 0 Å². The maximum atomic E-state index is 6.39. The van der Waals surface area contributed by atoms with Crippen LogP contribution < -0.4 is 5.73 Å². The van der Waals surface area contributed by atoms with E-state index in [-0.39, 0.29) is 0 Å². The van der Waals surface area contributed by atoms with Crippen molar-refractivity contribution in [2.45, 2.75) is 85.1 Å². The lowest BCUT2D eigenvalue weighted by molar-refractivity contribution is 0.230. The van der Waals surface area contributed by atoms with Crippen LogP contribution in [0.5, 0.6) is 0 Å². The van der Waals surface area contributed by atoms with E-state index in [4.69, 9.17) is 5.73 Å². The van der Waals surface area contributed by atoms with E-state index in [1.807, 2.05) is 13.8 Å². The largest absolute Gasteiger partial charge is 0.327 e. The molecule has 16 heavy (non-hydrogen) atoms. The van der Waals surface area contributed by atoms with Crippen LogP contribution >= 0.6 is 0 Å². The van der Waals surface area contributed by atoms with Crippen LogP contribution in [0.3, 0.4) is 0 Å². The number of nitrogens with two attached hydrogens (primary N) is 1. The van der Waals surface area contributed by atoms with E-state index in [0.717, 1.165) is 11.8 Å². The lowest BCUT2D eigenvalue weighted by Gasteiger charge is -2.32. The van der Waals surface area contributed by atoms with Gasteiger partial charge in [0, 0.05) is 6.04 Å². The number of rotatable bonds is 5. The fourth-order valence-corrected chi connectivity index (χ4v) is 2.94.